The lowest BCUT2D eigenvalue weighted by atomic mass is 9.84. The number of nitrogens with one attached hydrogen (secondary N) is 1. The predicted molar refractivity (Wildman–Crippen MR) is 122 cm³/mol. The van der Waals surface area contributed by atoms with E-state index in [2.05, 4.69) is 43.4 Å². The van der Waals surface area contributed by atoms with Crippen LogP contribution >= 0.6 is 0 Å². The van der Waals surface area contributed by atoms with Crippen LogP contribution in [0.15, 0.2) is 54.6 Å². The molecule has 2 saturated carbocycles. The van der Waals surface area contributed by atoms with Crippen LogP contribution in [0, 0.1) is 17.8 Å². The standard InChI is InChI=1S/C27H30N2O/c1-3-18-8-11-20(12-9-18)26-16-24(22-6-4-5-7-25(22)29-26)27(30)28-17(2)23-15-19-10-13-21(23)14-19/h4-9,11-12,16-17,19,21,23H,3,10,13-15H2,1-2H3,(H,28,30)/t17-,19-,21-,23-/m1/s1. The highest BCUT2D eigenvalue weighted by Crippen LogP contribution is 2.49. The van der Waals surface area contributed by atoms with Gasteiger partial charge in [-0.2, -0.15) is 0 Å². The number of carbonyl (C=O) groups excluding carboxylic acids is 1. The Kier molecular flexibility index (Phi) is 5.06. The Balaban J connectivity index is 1.46. The molecule has 1 aromatic heterocycles. The second kappa shape index (κ2) is 7.86. The summed E-state index contributed by atoms with van der Waals surface area (Å²) in [5.74, 6) is 2.34. The SMILES string of the molecule is CCc1ccc(-c2cc(C(=O)N[C@H](C)[C@H]3C[C@@H]4CC[C@@H]3C4)c3ccccc3n2)cc1. The smallest absolute Gasteiger partial charge is 0.252 e. The van der Waals surface area contributed by atoms with Crippen molar-refractivity contribution in [2.45, 2.75) is 52.0 Å². The van der Waals surface area contributed by atoms with E-state index in [9.17, 15) is 4.79 Å². The zero-order valence-electron chi connectivity index (χ0n) is 17.9. The number of benzene rings is 2. The molecule has 3 heteroatoms. The third-order valence-electron chi connectivity index (χ3n) is 7.41. The Morgan fingerprint density at radius 3 is 2.60 bits per heavy atom. The quantitative estimate of drug-likeness (QED) is 0.571. The molecule has 2 bridgehead atoms. The molecule has 1 amide bonds. The van der Waals surface area contributed by atoms with E-state index in [4.69, 9.17) is 4.98 Å². The molecule has 0 aliphatic heterocycles. The van der Waals surface area contributed by atoms with Gasteiger partial charge in [0.1, 0.15) is 0 Å². The minimum atomic E-state index is 0.0234. The number of hydrogen-bond acceptors (Lipinski definition) is 2. The second-order valence-corrected chi connectivity index (χ2v) is 9.22. The third kappa shape index (κ3) is 3.51. The Morgan fingerprint density at radius 2 is 1.90 bits per heavy atom. The molecule has 154 valence electrons. The summed E-state index contributed by atoms with van der Waals surface area (Å²) in [4.78, 5) is 18.2. The molecule has 0 spiro atoms. The molecule has 5 rings (SSSR count). The first-order chi connectivity index (χ1) is 14.6. The topological polar surface area (TPSA) is 42.0 Å². The summed E-state index contributed by atoms with van der Waals surface area (Å²) in [6.07, 6.45) is 6.38. The van der Waals surface area contributed by atoms with Gasteiger partial charge in [0.05, 0.1) is 16.8 Å². The van der Waals surface area contributed by atoms with E-state index in [0.29, 0.717) is 5.92 Å². The van der Waals surface area contributed by atoms with Gasteiger partial charge in [-0.15, -0.1) is 0 Å². The van der Waals surface area contributed by atoms with Gasteiger partial charge >= 0.3 is 0 Å². The Hall–Kier alpha value is -2.68. The number of aromatic nitrogens is 1. The summed E-state index contributed by atoms with van der Waals surface area (Å²) >= 11 is 0. The van der Waals surface area contributed by atoms with Crippen molar-refractivity contribution in [1.82, 2.24) is 10.3 Å². The van der Waals surface area contributed by atoms with Crippen LogP contribution in [0.4, 0.5) is 0 Å². The Bertz CT molecular complexity index is 1070. The van der Waals surface area contributed by atoms with Gasteiger partial charge in [-0.25, -0.2) is 4.98 Å². The largest absolute Gasteiger partial charge is 0.349 e. The number of nitrogens with zero attached hydrogens (tertiary/aromatic N) is 1. The minimum absolute atomic E-state index is 0.0234. The number of hydrogen-bond donors (Lipinski definition) is 1. The van der Waals surface area contributed by atoms with Gasteiger partial charge in [-0.05, 0) is 68.1 Å². The molecule has 0 saturated heterocycles. The van der Waals surface area contributed by atoms with Crippen molar-refractivity contribution < 1.29 is 4.79 Å². The maximum absolute atomic E-state index is 13.4. The van der Waals surface area contributed by atoms with Crippen LogP contribution in [0.3, 0.4) is 0 Å². The van der Waals surface area contributed by atoms with E-state index in [1.807, 2.05) is 30.3 Å². The van der Waals surface area contributed by atoms with Crippen molar-refractivity contribution in [3.63, 3.8) is 0 Å². The van der Waals surface area contributed by atoms with Crippen molar-refractivity contribution in [3.8, 4) is 11.3 Å². The first-order valence-electron chi connectivity index (χ1n) is 11.4. The highest BCUT2D eigenvalue weighted by atomic mass is 16.1. The maximum atomic E-state index is 13.4. The first-order valence-corrected chi connectivity index (χ1v) is 11.4. The molecular formula is C27H30N2O. The molecule has 4 atom stereocenters. The van der Waals surface area contributed by atoms with Crippen molar-refractivity contribution in [1.29, 1.82) is 0 Å². The van der Waals surface area contributed by atoms with Crippen LogP contribution in [0.2, 0.25) is 0 Å². The lowest BCUT2D eigenvalue weighted by molar-refractivity contribution is 0.0917. The van der Waals surface area contributed by atoms with Gasteiger partial charge in [0.25, 0.3) is 5.91 Å². The number of fused-ring (bicyclic) bond motifs is 3. The van der Waals surface area contributed by atoms with E-state index in [1.165, 1.54) is 31.2 Å². The molecular weight excluding hydrogens is 368 g/mol. The Morgan fingerprint density at radius 1 is 1.10 bits per heavy atom. The van der Waals surface area contributed by atoms with Gasteiger partial charge in [-0.3, -0.25) is 4.79 Å². The summed E-state index contributed by atoms with van der Waals surface area (Å²) in [5.41, 5.74) is 4.80. The van der Waals surface area contributed by atoms with Crippen LogP contribution in [-0.4, -0.2) is 16.9 Å². The molecule has 2 fully saturated rings. The van der Waals surface area contributed by atoms with Gasteiger partial charge in [0.15, 0.2) is 0 Å². The number of carbonyl (C=O) groups is 1. The lowest BCUT2D eigenvalue weighted by Gasteiger charge is -2.28. The summed E-state index contributed by atoms with van der Waals surface area (Å²) in [6, 6.07) is 18.6. The van der Waals surface area contributed by atoms with Gasteiger partial charge < -0.3 is 5.32 Å². The molecule has 2 aromatic carbocycles. The average Bonchev–Trinajstić information content (AvgIpc) is 3.42. The highest BCUT2D eigenvalue weighted by molar-refractivity contribution is 6.07. The van der Waals surface area contributed by atoms with Gasteiger partial charge in [-0.1, -0.05) is 55.8 Å². The van der Waals surface area contributed by atoms with Crippen molar-refractivity contribution in [2.75, 3.05) is 0 Å². The van der Waals surface area contributed by atoms with E-state index in [0.717, 1.165) is 46.0 Å². The van der Waals surface area contributed by atoms with Crippen LogP contribution in [-0.2, 0) is 6.42 Å². The van der Waals surface area contributed by atoms with Crippen molar-refractivity contribution in [2.24, 2.45) is 17.8 Å². The van der Waals surface area contributed by atoms with Crippen LogP contribution < -0.4 is 5.32 Å². The summed E-state index contributed by atoms with van der Waals surface area (Å²) in [6.45, 7) is 4.35. The van der Waals surface area contributed by atoms with Crippen LogP contribution in [0.1, 0.15) is 55.5 Å². The van der Waals surface area contributed by atoms with Crippen molar-refractivity contribution >= 4 is 16.8 Å². The molecule has 1 N–H and O–H groups in total. The zero-order chi connectivity index (χ0) is 20.7. The molecule has 3 nitrogen and oxygen atoms in total. The number of pyridine rings is 1. The molecule has 0 radical (unpaired) electrons. The minimum Gasteiger partial charge on any atom is -0.349 e. The molecule has 0 unspecified atom stereocenters. The average molecular weight is 399 g/mol. The molecule has 30 heavy (non-hydrogen) atoms. The third-order valence-corrected chi connectivity index (χ3v) is 7.41. The fourth-order valence-corrected chi connectivity index (χ4v) is 5.72. The van der Waals surface area contributed by atoms with E-state index in [-0.39, 0.29) is 11.9 Å². The number of rotatable bonds is 5. The molecule has 3 aromatic rings. The van der Waals surface area contributed by atoms with Gasteiger partial charge in [0.2, 0.25) is 0 Å². The van der Waals surface area contributed by atoms with Crippen molar-refractivity contribution in [3.05, 3.63) is 65.7 Å². The van der Waals surface area contributed by atoms with Crippen LogP contribution in [0.5, 0.6) is 0 Å². The van der Waals surface area contributed by atoms with E-state index in [1.54, 1.807) is 0 Å². The summed E-state index contributed by atoms with van der Waals surface area (Å²) in [7, 11) is 0. The molecule has 1 heterocycles. The molecule has 2 aliphatic carbocycles. The highest BCUT2D eigenvalue weighted by Gasteiger charge is 2.42. The number of para-hydroxylation sites is 1. The second-order valence-electron chi connectivity index (χ2n) is 9.22. The zero-order valence-corrected chi connectivity index (χ0v) is 17.9. The maximum Gasteiger partial charge on any atom is 0.252 e. The number of aryl methyl sites for hydroxylation is 1. The number of amides is 1. The Labute approximate surface area is 178 Å². The monoisotopic (exact) mass is 398 g/mol. The first kappa shape index (κ1) is 19.3. The summed E-state index contributed by atoms with van der Waals surface area (Å²) in [5, 5.41) is 4.27. The van der Waals surface area contributed by atoms with Crippen LogP contribution in [0.25, 0.3) is 22.2 Å². The van der Waals surface area contributed by atoms with E-state index >= 15 is 0 Å². The van der Waals surface area contributed by atoms with E-state index < -0.39 is 0 Å². The fourth-order valence-electron chi connectivity index (χ4n) is 5.72. The summed E-state index contributed by atoms with van der Waals surface area (Å²) < 4.78 is 0. The fraction of sp³-hybridized carbons (Fsp3) is 0.407. The normalized spacial score (nSPS) is 23.6. The molecule has 2 aliphatic rings. The lowest BCUT2D eigenvalue weighted by Crippen LogP contribution is -2.40. The van der Waals surface area contributed by atoms with Gasteiger partial charge in [0, 0.05) is 17.0 Å². The predicted octanol–water partition coefficient (Wildman–Crippen LogP) is 6.02.